The summed E-state index contributed by atoms with van der Waals surface area (Å²) in [4.78, 5) is 12.5. The Morgan fingerprint density at radius 3 is 2.50 bits per heavy atom. The van der Waals surface area contributed by atoms with Gasteiger partial charge in [0, 0.05) is 11.6 Å². The highest BCUT2D eigenvalue weighted by Gasteiger charge is 2.76. The van der Waals surface area contributed by atoms with Crippen molar-refractivity contribution in [2.75, 3.05) is 0 Å². The molecule has 0 spiro atoms. The fourth-order valence-electron chi connectivity index (χ4n) is 3.68. The highest BCUT2D eigenvalue weighted by Crippen LogP contribution is 2.65. The lowest BCUT2D eigenvalue weighted by atomic mass is 9.70. The van der Waals surface area contributed by atoms with Crippen LogP contribution in [0.1, 0.15) is 33.0 Å². The first kappa shape index (κ1) is 18.4. The predicted molar refractivity (Wildman–Crippen MR) is 84.2 cm³/mol. The van der Waals surface area contributed by atoms with Crippen molar-refractivity contribution in [3.05, 3.63) is 58.4 Å². The predicted octanol–water partition coefficient (Wildman–Crippen LogP) is 3.37. The summed E-state index contributed by atoms with van der Waals surface area (Å²) in [6.45, 7) is 0. The first-order chi connectivity index (χ1) is 12.9. The van der Waals surface area contributed by atoms with Gasteiger partial charge in [-0.1, -0.05) is 0 Å². The van der Waals surface area contributed by atoms with E-state index in [2.05, 4.69) is 0 Å². The Balaban J connectivity index is 1.92. The molecule has 0 heterocycles. The molecule has 0 amide bonds. The molecule has 4 rings (SSSR count). The van der Waals surface area contributed by atoms with Crippen LogP contribution in [0.15, 0.2) is 30.3 Å². The van der Waals surface area contributed by atoms with Gasteiger partial charge < -0.3 is 9.84 Å². The van der Waals surface area contributed by atoms with E-state index in [0.717, 1.165) is 24.3 Å². The van der Waals surface area contributed by atoms with Crippen molar-refractivity contribution in [3.8, 4) is 17.6 Å². The normalized spacial score (nSPS) is 26.0. The highest BCUT2D eigenvalue weighted by molar-refractivity contribution is 6.35. The third kappa shape index (κ3) is 2.11. The van der Waals surface area contributed by atoms with Crippen LogP contribution in [0.25, 0.3) is 0 Å². The molecular weight excluding hydrogens is 384 g/mol. The standard InChI is InChI=1S/C18H7BF5NO3/c19-16(27)14-12-10(17(21,22)18(14,23)24)1-2-11(13(12)15(16)26)28-9-4-7(6-25)3-8(20)5-9/h1-5,14,27H. The fourth-order valence-corrected chi connectivity index (χ4v) is 3.68. The summed E-state index contributed by atoms with van der Waals surface area (Å²) >= 11 is 0. The van der Waals surface area contributed by atoms with Gasteiger partial charge in [-0.25, -0.2) is 4.39 Å². The Kier molecular flexibility index (Phi) is 3.51. The second-order valence-electron chi connectivity index (χ2n) is 6.57. The molecule has 0 saturated heterocycles. The number of alkyl halides is 4. The van der Waals surface area contributed by atoms with Crippen LogP contribution in [-0.2, 0) is 5.92 Å². The van der Waals surface area contributed by atoms with E-state index in [1.807, 2.05) is 0 Å². The van der Waals surface area contributed by atoms with Gasteiger partial charge in [-0.3, -0.25) is 4.79 Å². The molecule has 28 heavy (non-hydrogen) atoms. The maximum atomic E-state index is 14.3. The molecule has 0 saturated carbocycles. The van der Waals surface area contributed by atoms with E-state index in [1.165, 1.54) is 0 Å². The topological polar surface area (TPSA) is 70.3 Å². The molecule has 0 bridgehead atoms. The van der Waals surface area contributed by atoms with E-state index in [4.69, 9.17) is 17.8 Å². The number of nitriles is 1. The average molecular weight is 391 g/mol. The zero-order valence-electron chi connectivity index (χ0n) is 13.6. The molecule has 0 aliphatic heterocycles. The minimum Gasteiger partial charge on any atom is -0.456 e. The third-order valence-electron chi connectivity index (χ3n) is 4.87. The molecule has 4 nitrogen and oxygen atoms in total. The van der Waals surface area contributed by atoms with Crippen molar-refractivity contribution in [1.82, 2.24) is 0 Å². The monoisotopic (exact) mass is 391 g/mol. The molecule has 0 fully saturated rings. The minimum absolute atomic E-state index is 0.134. The van der Waals surface area contributed by atoms with Crippen LogP contribution in [0.5, 0.6) is 11.5 Å². The molecule has 2 aliphatic carbocycles. The van der Waals surface area contributed by atoms with E-state index >= 15 is 0 Å². The maximum absolute atomic E-state index is 14.3. The lowest BCUT2D eigenvalue weighted by Crippen LogP contribution is -2.50. The van der Waals surface area contributed by atoms with Crippen LogP contribution in [-0.4, -0.2) is 30.2 Å². The Morgan fingerprint density at radius 1 is 1.18 bits per heavy atom. The minimum atomic E-state index is -4.81. The van der Waals surface area contributed by atoms with Crippen molar-refractivity contribution in [3.63, 3.8) is 0 Å². The van der Waals surface area contributed by atoms with E-state index in [1.54, 1.807) is 6.07 Å². The van der Waals surface area contributed by atoms with Crippen molar-refractivity contribution in [1.29, 1.82) is 5.26 Å². The first-order valence-corrected chi connectivity index (χ1v) is 7.80. The summed E-state index contributed by atoms with van der Waals surface area (Å²) < 4.78 is 75.9. The first-order valence-electron chi connectivity index (χ1n) is 7.80. The van der Waals surface area contributed by atoms with Crippen LogP contribution >= 0.6 is 0 Å². The maximum Gasteiger partial charge on any atom is 0.336 e. The van der Waals surface area contributed by atoms with E-state index in [-0.39, 0.29) is 11.3 Å². The summed E-state index contributed by atoms with van der Waals surface area (Å²) in [6.07, 6.45) is 0. The van der Waals surface area contributed by atoms with Gasteiger partial charge in [0.1, 0.15) is 25.2 Å². The summed E-state index contributed by atoms with van der Waals surface area (Å²) in [6, 6.07) is 5.98. The average Bonchev–Trinajstić information content (AvgIpc) is 2.90. The van der Waals surface area contributed by atoms with Gasteiger partial charge in [0.25, 0.3) is 0 Å². The van der Waals surface area contributed by atoms with E-state index in [9.17, 15) is 31.9 Å². The molecule has 2 aromatic rings. The number of hydrogen-bond donors (Lipinski definition) is 1. The smallest absolute Gasteiger partial charge is 0.336 e. The number of halogens is 5. The lowest BCUT2D eigenvalue weighted by molar-refractivity contribution is -0.225. The molecular formula is C18H7BF5NO3. The number of ether oxygens (including phenoxy) is 1. The molecule has 1 N–H and O–H groups in total. The molecule has 10 heteroatoms. The van der Waals surface area contributed by atoms with Crippen LogP contribution in [0.3, 0.4) is 0 Å². The Morgan fingerprint density at radius 2 is 1.86 bits per heavy atom. The number of benzene rings is 2. The van der Waals surface area contributed by atoms with Gasteiger partial charge >= 0.3 is 11.8 Å². The second kappa shape index (κ2) is 5.32. The van der Waals surface area contributed by atoms with Crippen LogP contribution in [0, 0.1) is 17.1 Å². The van der Waals surface area contributed by atoms with Gasteiger partial charge in [0.15, 0.2) is 5.78 Å². The molecule has 2 atom stereocenters. The Labute approximate surface area is 155 Å². The van der Waals surface area contributed by atoms with Crippen molar-refractivity contribution in [2.24, 2.45) is 0 Å². The number of Topliss-reactive ketones (excluding diaryl/α,β-unsaturated/α-hetero) is 1. The summed E-state index contributed by atoms with van der Waals surface area (Å²) in [7, 11) is 5.32. The molecule has 0 aromatic heterocycles. The van der Waals surface area contributed by atoms with Crippen LogP contribution < -0.4 is 4.74 Å². The van der Waals surface area contributed by atoms with Gasteiger partial charge in [-0.05, 0) is 29.8 Å². The Bertz CT molecular complexity index is 1090. The zero-order chi connectivity index (χ0) is 20.6. The van der Waals surface area contributed by atoms with Gasteiger partial charge in [-0.2, -0.15) is 22.8 Å². The molecule has 140 valence electrons. The summed E-state index contributed by atoms with van der Waals surface area (Å²) in [5.74, 6) is -15.2. The van der Waals surface area contributed by atoms with Gasteiger partial charge in [0.2, 0.25) is 0 Å². The van der Waals surface area contributed by atoms with E-state index < -0.39 is 57.3 Å². The number of carbonyl (C=O) groups is 1. The Hall–Kier alpha value is -2.93. The molecule has 2 aromatic carbocycles. The summed E-state index contributed by atoms with van der Waals surface area (Å²) in [5, 5.41) is 19.0. The molecule has 2 aliphatic rings. The van der Waals surface area contributed by atoms with Crippen molar-refractivity contribution < 1.29 is 36.6 Å². The zero-order valence-corrected chi connectivity index (χ0v) is 13.6. The second-order valence-corrected chi connectivity index (χ2v) is 6.57. The third-order valence-corrected chi connectivity index (χ3v) is 4.87. The lowest BCUT2D eigenvalue weighted by Gasteiger charge is -2.31. The van der Waals surface area contributed by atoms with Crippen molar-refractivity contribution >= 4 is 13.6 Å². The SMILES string of the molecule is [B]C1(O)C(=O)c2c(Oc3cc(F)cc(C#N)c3)ccc3c2C1C(F)(F)C3(F)F. The molecule has 2 radical (unpaired) electrons. The fraction of sp³-hybridized carbons (Fsp3) is 0.222. The number of ketones is 1. The molecule has 2 unspecified atom stereocenters. The van der Waals surface area contributed by atoms with Gasteiger partial charge in [0.05, 0.1) is 28.6 Å². The quantitative estimate of drug-likeness (QED) is 0.630. The summed E-state index contributed by atoms with van der Waals surface area (Å²) in [5.41, 5.74) is -6.09. The highest BCUT2D eigenvalue weighted by atomic mass is 19.3. The van der Waals surface area contributed by atoms with Crippen LogP contribution in [0.4, 0.5) is 22.0 Å². The van der Waals surface area contributed by atoms with E-state index in [0.29, 0.717) is 6.07 Å². The number of hydrogen-bond acceptors (Lipinski definition) is 4. The van der Waals surface area contributed by atoms with Crippen LogP contribution in [0.2, 0.25) is 0 Å². The number of rotatable bonds is 2. The number of aliphatic hydroxyl groups is 1. The van der Waals surface area contributed by atoms with Crippen molar-refractivity contribution in [2.45, 2.75) is 23.3 Å². The van der Waals surface area contributed by atoms with Gasteiger partial charge in [-0.15, -0.1) is 0 Å². The largest absolute Gasteiger partial charge is 0.456 e. The number of carbonyl (C=O) groups excluding carboxylic acids is 1. The number of nitrogens with zero attached hydrogens (tertiary/aromatic N) is 1.